The molecule has 0 aromatic heterocycles. The van der Waals surface area contributed by atoms with Gasteiger partial charge < -0.3 is 19.8 Å². The van der Waals surface area contributed by atoms with Crippen molar-refractivity contribution in [2.75, 3.05) is 0 Å². The Kier molecular flexibility index (Phi) is 14.1. The highest BCUT2D eigenvalue weighted by atomic mass is 31.2. The number of carboxylic acid groups (broad SMARTS) is 1. The van der Waals surface area contributed by atoms with Gasteiger partial charge in [-0.25, -0.2) is 9.36 Å². The fourth-order valence-electron chi connectivity index (χ4n) is 0. The van der Waals surface area contributed by atoms with E-state index in [1.165, 1.54) is 0 Å². The average Bonchev–Trinajstić information content (AvgIpc) is 1.89. The molecule has 0 amide bonds. The van der Waals surface area contributed by atoms with Gasteiger partial charge >= 0.3 is 13.8 Å². The Labute approximate surface area is 69.4 Å². The van der Waals surface area contributed by atoms with Gasteiger partial charge in [-0.15, -0.1) is 12.8 Å². The van der Waals surface area contributed by atoms with Gasteiger partial charge in [0.2, 0.25) is 0 Å². The third kappa shape index (κ3) is 712. The van der Waals surface area contributed by atoms with Crippen LogP contribution in [0.2, 0.25) is 0 Å². The quantitative estimate of drug-likeness (QED) is 0.257. The number of hydrogen-bond acceptors (Lipinski definition) is 2. The van der Waals surface area contributed by atoms with Crippen molar-refractivity contribution in [3.63, 3.8) is 0 Å². The molecule has 6 nitrogen and oxygen atoms in total. The Balaban J connectivity index is -0.000000112. The van der Waals surface area contributed by atoms with E-state index in [1.807, 2.05) is 0 Å². The maximum absolute atomic E-state index is 9.25. The lowest BCUT2D eigenvalue weighted by Gasteiger charge is -1.82. The van der Waals surface area contributed by atoms with Crippen molar-refractivity contribution in [1.29, 1.82) is 0 Å². The van der Waals surface area contributed by atoms with E-state index >= 15 is 0 Å². The van der Waals surface area contributed by atoms with E-state index in [0.29, 0.717) is 0 Å². The first-order valence-corrected chi connectivity index (χ1v) is 3.81. The Bertz CT molecular complexity index is 181. The highest BCUT2D eigenvalue weighted by Crippen LogP contribution is 2.25. The van der Waals surface area contributed by atoms with Crippen molar-refractivity contribution < 1.29 is 29.1 Å². The van der Waals surface area contributed by atoms with Gasteiger partial charge in [0, 0.05) is 6.08 Å². The lowest BCUT2D eigenvalue weighted by Crippen LogP contribution is -1.82. The van der Waals surface area contributed by atoms with Crippen LogP contribution in [0.4, 0.5) is 0 Å². The van der Waals surface area contributed by atoms with E-state index in [1.54, 1.807) is 0 Å². The summed E-state index contributed by atoms with van der Waals surface area (Å²) in [5.41, 5.74) is 0. The Morgan fingerprint density at radius 3 is 1.42 bits per heavy atom. The topological polar surface area (TPSA) is 115 Å². The van der Waals surface area contributed by atoms with Crippen LogP contribution in [0.15, 0.2) is 12.7 Å². The van der Waals surface area contributed by atoms with Crippen LogP contribution in [0.5, 0.6) is 0 Å². The molecular formula is C5H9O6P. The summed E-state index contributed by atoms with van der Waals surface area (Å²) in [6.45, 7) is 2.96. The van der Waals surface area contributed by atoms with Crippen LogP contribution in [0.1, 0.15) is 0 Å². The number of terminal acetylenes is 1. The average molecular weight is 196 g/mol. The summed E-state index contributed by atoms with van der Waals surface area (Å²) in [6, 6.07) is 0. The second kappa shape index (κ2) is 9.88. The standard InChI is InChI=1S/C3H4O2.C2H2.H3O4P/c1-2-3(4)5;1-2;1-5(2,3)4/h2H,1H2,(H,4,5);1-2H;(H3,1,2,3,4). The molecule has 0 aliphatic carbocycles. The lowest BCUT2D eigenvalue weighted by atomic mass is 10.7. The molecule has 7 heteroatoms. The fraction of sp³-hybridized carbons (Fsp3) is 0. The first-order chi connectivity index (χ1) is 5.27. The first-order valence-electron chi connectivity index (χ1n) is 2.24. The van der Waals surface area contributed by atoms with Gasteiger partial charge in [-0.3, -0.25) is 0 Å². The third-order valence-corrected chi connectivity index (χ3v) is 0.175. The molecule has 0 aromatic carbocycles. The Morgan fingerprint density at radius 2 is 1.42 bits per heavy atom. The molecule has 0 atom stereocenters. The van der Waals surface area contributed by atoms with Crippen LogP contribution >= 0.6 is 7.82 Å². The number of carboxylic acids is 1. The Hall–Kier alpha value is -1.12. The zero-order valence-corrected chi connectivity index (χ0v) is 6.89. The summed E-state index contributed by atoms with van der Waals surface area (Å²) in [5, 5.41) is 7.60. The molecule has 0 fully saturated rings. The molecule has 70 valence electrons. The highest BCUT2D eigenvalue weighted by Gasteiger charge is 2.00. The van der Waals surface area contributed by atoms with Crippen molar-refractivity contribution in [1.82, 2.24) is 0 Å². The number of phosphoric acid groups is 1. The van der Waals surface area contributed by atoms with Crippen LogP contribution in [0.3, 0.4) is 0 Å². The molecule has 4 N–H and O–H groups in total. The van der Waals surface area contributed by atoms with Crippen LogP contribution < -0.4 is 0 Å². The maximum atomic E-state index is 9.25. The largest absolute Gasteiger partial charge is 0.478 e. The molecule has 0 radical (unpaired) electrons. The first kappa shape index (κ1) is 17.1. The zero-order chi connectivity index (χ0) is 10.8. The van der Waals surface area contributed by atoms with Crippen LogP contribution in [0, 0.1) is 12.8 Å². The molecule has 0 saturated heterocycles. The van der Waals surface area contributed by atoms with E-state index in [0.717, 1.165) is 6.08 Å². The minimum absolute atomic E-state index is 0.833. The molecule has 0 aliphatic heterocycles. The van der Waals surface area contributed by atoms with Crippen molar-refractivity contribution >= 4 is 13.8 Å². The summed E-state index contributed by atoms with van der Waals surface area (Å²) in [5.74, 6) is -0.981. The maximum Gasteiger partial charge on any atom is 0.466 e. The van der Waals surface area contributed by atoms with Gasteiger partial charge in [-0.05, 0) is 0 Å². The molecule has 0 bridgehead atoms. The van der Waals surface area contributed by atoms with Gasteiger partial charge in [-0.1, -0.05) is 6.58 Å². The van der Waals surface area contributed by atoms with E-state index in [-0.39, 0.29) is 0 Å². The highest BCUT2D eigenvalue weighted by molar-refractivity contribution is 7.45. The number of hydrogen-bond donors (Lipinski definition) is 4. The predicted octanol–water partition coefficient (Wildman–Crippen LogP) is -0.422. The minimum atomic E-state index is -4.64. The number of aliphatic carboxylic acids is 1. The molecular weight excluding hydrogens is 187 g/mol. The fourth-order valence-corrected chi connectivity index (χ4v) is 0. The third-order valence-electron chi connectivity index (χ3n) is 0.175. The van der Waals surface area contributed by atoms with Gasteiger partial charge in [-0.2, -0.15) is 0 Å². The number of carbonyl (C=O) groups is 1. The van der Waals surface area contributed by atoms with E-state index in [4.69, 9.17) is 24.4 Å². The van der Waals surface area contributed by atoms with Gasteiger partial charge in [0.15, 0.2) is 0 Å². The molecule has 0 rings (SSSR count). The van der Waals surface area contributed by atoms with Crippen molar-refractivity contribution in [3.8, 4) is 12.8 Å². The van der Waals surface area contributed by atoms with E-state index < -0.39 is 13.8 Å². The summed E-state index contributed by atoms with van der Waals surface area (Å²) < 4.78 is 8.88. The van der Waals surface area contributed by atoms with Gasteiger partial charge in [0.1, 0.15) is 0 Å². The molecule has 12 heavy (non-hydrogen) atoms. The van der Waals surface area contributed by atoms with Gasteiger partial charge in [0.05, 0.1) is 0 Å². The van der Waals surface area contributed by atoms with Crippen LogP contribution in [-0.2, 0) is 9.36 Å². The normalized spacial score (nSPS) is 7.75. The summed E-state index contributed by atoms with van der Waals surface area (Å²) in [6.07, 6.45) is 8.83. The molecule has 0 unspecified atom stereocenters. The molecule has 0 saturated carbocycles. The molecule has 0 aromatic rings. The summed E-state index contributed by atoms with van der Waals surface area (Å²) in [4.78, 5) is 30.8. The summed E-state index contributed by atoms with van der Waals surface area (Å²) >= 11 is 0. The molecule has 0 heterocycles. The van der Waals surface area contributed by atoms with Crippen LogP contribution in [0.25, 0.3) is 0 Å². The Morgan fingerprint density at radius 1 is 1.33 bits per heavy atom. The number of rotatable bonds is 1. The lowest BCUT2D eigenvalue weighted by molar-refractivity contribution is -0.131. The van der Waals surface area contributed by atoms with Crippen LogP contribution in [-0.4, -0.2) is 25.8 Å². The smallest absolute Gasteiger partial charge is 0.466 e. The molecule has 0 spiro atoms. The predicted molar refractivity (Wildman–Crippen MR) is 42.0 cm³/mol. The van der Waals surface area contributed by atoms with Crippen molar-refractivity contribution in [2.24, 2.45) is 0 Å². The second-order valence-electron chi connectivity index (χ2n) is 1.06. The van der Waals surface area contributed by atoms with Crippen molar-refractivity contribution in [3.05, 3.63) is 12.7 Å². The zero-order valence-electron chi connectivity index (χ0n) is 5.99. The van der Waals surface area contributed by atoms with E-state index in [9.17, 15) is 4.79 Å². The summed E-state index contributed by atoms with van der Waals surface area (Å²) in [7, 11) is -4.64. The monoisotopic (exact) mass is 196 g/mol. The van der Waals surface area contributed by atoms with Gasteiger partial charge in [0.25, 0.3) is 0 Å². The van der Waals surface area contributed by atoms with Crippen molar-refractivity contribution in [2.45, 2.75) is 0 Å². The SMILES string of the molecule is C#C.C=CC(=O)O.O=P(O)(O)O. The minimum Gasteiger partial charge on any atom is -0.478 e. The van der Waals surface area contributed by atoms with E-state index in [2.05, 4.69) is 19.4 Å². The second-order valence-corrected chi connectivity index (χ2v) is 2.08. The molecule has 0 aliphatic rings.